The van der Waals surface area contributed by atoms with Crippen LogP contribution in [0.2, 0.25) is 0 Å². The van der Waals surface area contributed by atoms with E-state index in [9.17, 15) is 15.0 Å². The number of aromatic amines is 1. The molecule has 3 rings (SSSR count). The zero-order chi connectivity index (χ0) is 22.9. The molecule has 1 heterocycles. The molecule has 0 saturated heterocycles. The summed E-state index contributed by atoms with van der Waals surface area (Å²) in [5, 5.41) is 27.8. The number of amides is 1. The Hall–Kier alpha value is -3.53. The fourth-order valence-electron chi connectivity index (χ4n) is 3.39. The summed E-state index contributed by atoms with van der Waals surface area (Å²) in [6, 6.07) is 8.32. The summed E-state index contributed by atoms with van der Waals surface area (Å²) in [6.07, 6.45) is 0. The Morgan fingerprint density at radius 1 is 1.29 bits per heavy atom. The summed E-state index contributed by atoms with van der Waals surface area (Å²) in [6.45, 7) is 3.88. The van der Waals surface area contributed by atoms with Gasteiger partial charge in [0, 0.05) is 13.1 Å². The highest BCUT2D eigenvalue weighted by molar-refractivity contribution is 7.71. The number of hydrogen-bond donors (Lipinski definition) is 4. The molecule has 164 valence electrons. The first kappa shape index (κ1) is 22.2. The number of rotatable bonds is 7. The Morgan fingerprint density at radius 3 is 2.61 bits per heavy atom. The maximum atomic E-state index is 11.4. The van der Waals surface area contributed by atoms with Crippen molar-refractivity contribution in [3.8, 4) is 34.3 Å². The van der Waals surface area contributed by atoms with Crippen LogP contribution in [0.25, 0.3) is 17.1 Å². The predicted octanol–water partition coefficient (Wildman–Crippen LogP) is 3.06. The van der Waals surface area contributed by atoms with Crippen molar-refractivity contribution in [1.82, 2.24) is 14.8 Å². The van der Waals surface area contributed by atoms with E-state index in [0.717, 1.165) is 0 Å². The molecule has 2 aromatic carbocycles. The van der Waals surface area contributed by atoms with Gasteiger partial charge in [-0.1, -0.05) is 13.8 Å². The molecule has 0 bridgehead atoms. The average Bonchev–Trinajstić information content (AvgIpc) is 3.07. The Morgan fingerprint density at radius 2 is 2.00 bits per heavy atom. The Kier molecular flexibility index (Phi) is 6.21. The molecule has 1 aromatic heterocycles. The number of anilines is 1. The van der Waals surface area contributed by atoms with Crippen molar-refractivity contribution in [2.24, 2.45) is 5.73 Å². The third-order valence-electron chi connectivity index (χ3n) is 4.91. The lowest BCUT2D eigenvalue weighted by Crippen LogP contribution is -2.30. The Balaban J connectivity index is 2.20. The molecule has 0 atom stereocenters. The largest absolute Gasteiger partial charge is 0.508 e. The number of nitrogens with zero attached hydrogens (tertiary/aromatic N) is 3. The zero-order valence-electron chi connectivity index (χ0n) is 17.7. The van der Waals surface area contributed by atoms with E-state index < -0.39 is 5.91 Å². The molecule has 0 aliphatic carbocycles. The summed E-state index contributed by atoms with van der Waals surface area (Å²) in [5.74, 6) is 0.362. The Labute approximate surface area is 184 Å². The third-order valence-corrected chi connectivity index (χ3v) is 5.18. The number of carbonyl (C=O) groups excluding carboxylic acids is 1. The summed E-state index contributed by atoms with van der Waals surface area (Å²) >= 11 is 5.44. The number of phenols is 2. The van der Waals surface area contributed by atoms with Crippen LogP contribution in [0.4, 0.5) is 5.69 Å². The standard InChI is InChI=1S/C21H25N5O4S/c1-11(2)13-8-14(17(28)9-16(13)27)20-23-24-21(31)26(20)12-5-6-18(30-4)15(7-12)25(3)10-19(22)29/h5-9,11,27-28H,10H2,1-4H3,(H2,22,29)(H,24,31). The van der Waals surface area contributed by atoms with Crippen molar-refractivity contribution in [2.45, 2.75) is 19.8 Å². The van der Waals surface area contributed by atoms with Crippen LogP contribution in [-0.2, 0) is 4.79 Å². The van der Waals surface area contributed by atoms with Crippen LogP contribution in [0.1, 0.15) is 25.3 Å². The molecule has 0 radical (unpaired) electrons. The molecule has 0 spiro atoms. The van der Waals surface area contributed by atoms with Gasteiger partial charge in [-0.25, -0.2) is 0 Å². The number of ether oxygens (including phenoxy) is 1. The number of primary amides is 1. The first-order valence-electron chi connectivity index (χ1n) is 9.55. The highest BCUT2D eigenvalue weighted by Gasteiger charge is 2.20. The number of carbonyl (C=O) groups is 1. The molecule has 9 nitrogen and oxygen atoms in total. The van der Waals surface area contributed by atoms with Gasteiger partial charge in [0.2, 0.25) is 5.91 Å². The number of methoxy groups -OCH3 is 1. The van der Waals surface area contributed by atoms with Crippen molar-refractivity contribution in [3.63, 3.8) is 0 Å². The van der Waals surface area contributed by atoms with Gasteiger partial charge in [-0.05, 0) is 48.0 Å². The highest BCUT2D eigenvalue weighted by Crippen LogP contribution is 2.38. The van der Waals surface area contributed by atoms with E-state index in [1.807, 2.05) is 13.8 Å². The number of likely N-dealkylation sites (N-methyl/N-ethyl adjacent to an activating group) is 1. The van der Waals surface area contributed by atoms with Crippen LogP contribution >= 0.6 is 12.2 Å². The molecule has 0 aliphatic rings. The van der Waals surface area contributed by atoms with E-state index >= 15 is 0 Å². The van der Waals surface area contributed by atoms with Crippen LogP contribution in [0.15, 0.2) is 30.3 Å². The van der Waals surface area contributed by atoms with E-state index in [4.69, 9.17) is 22.7 Å². The van der Waals surface area contributed by atoms with E-state index in [0.29, 0.717) is 38.8 Å². The van der Waals surface area contributed by atoms with E-state index in [-0.39, 0.29) is 24.0 Å². The van der Waals surface area contributed by atoms with Crippen molar-refractivity contribution in [3.05, 3.63) is 40.7 Å². The van der Waals surface area contributed by atoms with E-state index in [1.165, 1.54) is 13.2 Å². The molecule has 0 unspecified atom stereocenters. The quantitative estimate of drug-likeness (QED) is 0.413. The van der Waals surface area contributed by atoms with Gasteiger partial charge in [-0.3, -0.25) is 14.5 Å². The first-order chi connectivity index (χ1) is 14.6. The lowest BCUT2D eigenvalue weighted by Gasteiger charge is -2.21. The van der Waals surface area contributed by atoms with Gasteiger partial charge in [0.1, 0.15) is 17.2 Å². The van der Waals surface area contributed by atoms with Crippen LogP contribution in [-0.4, -0.2) is 51.6 Å². The van der Waals surface area contributed by atoms with Crippen LogP contribution in [0, 0.1) is 4.77 Å². The number of hydrogen-bond acceptors (Lipinski definition) is 7. The molecular weight excluding hydrogens is 418 g/mol. The normalized spacial score (nSPS) is 11.0. The van der Waals surface area contributed by atoms with Gasteiger partial charge < -0.3 is 25.6 Å². The maximum absolute atomic E-state index is 11.4. The fraction of sp³-hybridized carbons (Fsp3) is 0.286. The molecule has 3 aromatic rings. The summed E-state index contributed by atoms with van der Waals surface area (Å²) in [4.78, 5) is 13.1. The molecule has 0 saturated carbocycles. The lowest BCUT2D eigenvalue weighted by atomic mass is 9.98. The molecule has 1 amide bonds. The number of nitrogens with one attached hydrogen (secondary N) is 1. The van der Waals surface area contributed by atoms with Gasteiger partial charge in [0.15, 0.2) is 10.6 Å². The highest BCUT2D eigenvalue weighted by atomic mass is 32.1. The molecule has 0 fully saturated rings. The van der Waals surface area contributed by atoms with Gasteiger partial charge in [0.05, 0.1) is 30.6 Å². The monoisotopic (exact) mass is 443 g/mol. The molecule has 31 heavy (non-hydrogen) atoms. The lowest BCUT2D eigenvalue weighted by molar-refractivity contribution is -0.116. The SMILES string of the molecule is COc1ccc(-n2c(-c3cc(C(C)C)c(O)cc3O)n[nH]c2=S)cc1N(C)CC(N)=O. The van der Waals surface area contributed by atoms with Crippen molar-refractivity contribution in [1.29, 1.82) is 0 Å². The minimum absolute atomic E-state index is 0.0000447. The van der Waals surface area contributed by atoms with Gasteiger partial charge in [0.25, 0.3) is 0 Å². The van der Waals surface area contributed by atoms with Crippen molar-refractivity contribution >= 4 is 23.8 Å². The molecule has 5 N–H and O–H groups in total. The van der Waals surface area contributed by atoms with Crippen molar-refractivity contribution < 1.29 is 19.7 Å². The number of phenolic OH excluding ortho intramolecular Hbond substituents is 2. The Bertz CT molecular complexity index is 1180. The van der Waals surface area contributed by atoms with Crippen LogP contribution < -0.4 is 15.4 Å². The minimum atomic E-state index is -0.481. The van der Waals surface area contributed by atoms with Crippen LogP contribution in [0.3, 0.4) is 0 Å². The average molecular weight is 444 g/mol. The second kappa shape index (κ2) is 8.68. The second-order valence-corrected chi connectivity index (χ2v) is 7.84. The minimum Gasteiger partial charge on any atom is -0.508 e. The van der Waals surface area contributed by atoms with Gasteiger partial charge >= 0.3 is 0 Å². The number of benzene rings is 2. The maximum Gasteiger partial charge on any atom is 0.236 e. The molecule has 0 aliphatic heterocycles. The summed E-state index contributed by atoms with van der Waals surface area (Å²) in [7, 11) is 3.26. The van der Waals surface area contributed by atoms with Gasteiger partial charge in [-0.2, -0.15) is 5.10 Å². The number of aromatic hydroxyl groups is 2. The van der Waals surface area contributed by atoms with Crippen molar-refractivity contribution in [2.75, 3.05) is 25.6 Å². The second-order valence-electron chi connectivity index (χ2n) is 7.45. The number of nitrogens with two attached hydrogens (primary N) is 1. The zero-order valence-corrected chi connectivity index (χ0v) is 18.5. The smallest absolute Gasteiger partial charge is 0.236 e. The first-order valence-corrected chi connectivity index (χ1v) is 9.96. The topological polar surface area (TPSA) is 130 Å². The van der Waals surface area contributed by atoms with Crippen LogP contribution in [0.5, 0.6) is 17.2 Å². The number of H-pyrrole nitrogens is 1. The third kappa shape index (κ3) is 4.33. The van der Waals surface area contributed by atoms with E-state index in [2.05, 4.69) is 10.2 Å². The predicted molar refractivity (Wildman–Crippen MR) is 121 cm³/mol. The summed E-state index contributed by atoms with van der Waals surface area (Å²) < 4.78 is 7.39. The number of aromatic nitrogens is 3. The molecule has 10 heteroatoms. The fourth-order valence-corrected chi connectivity index (χ4v) is 3.62. The summed E-state index contributed by atoms with van der Waals surface area (Å²) in [5.41, 5.74) is 7.69. The van der Waals surface area contributed by atoms with E-state index in [1.54, 1.807) is 40.8 Å². The molecular formula is C21H25N5O4S. The van der Waals surface area contributed by atoms with Gasteiger partial charge in [-0.15, -0.1) is 0 Å².